The summed E-state index contributed by atoms with van der Waals surface area (Å²) in [5, 5.41) is 3.22. The van der Waals surface area contributed by atoms with Crippen LogP contribution >= 0.6 is 0 Å². The molecule has 1 aliphatic rings. The summed E-state index contributed by atoms with van der Waals surface area (Å²) in [5.41, 5.74) is 4.92. The lowest BCUT2D eigenvalue weighted by Crippen LogP contribution is -2.54. The minimum atomic E-state index is -4.14. The second kappa shape index (κ2) is 14.8. The molecule has 1 aliphatic carbocycles. The predicted molar refractivity (Wildman–Crippen MR) is 183 cm³/mol. The van der Waals surface area contributed by atoms with Crippen LogP contribution in [0.1, 0.15) is 53.5 Å². The zero-order valence-electron chi connectivity index (χ0n) is 26.9. The van der Waals surface area contributed by atoms with E-state index in [1.165, 1.54) is 4.31 Å². The smallest absolute Gasteiger partial charge is 0.264 e. The molecule has 0 saturated heterocycles. The molecule has 46 heavy (non-hydrogen) atoms. The molecule has 7 nitrogen and oxygen atoms in total. The van der Waals surface area contributed by atoms with Crippen LogP contribution in [0.15, 0.2) is 108 Å². The molecule has 1 N–H and O–H groups in total. The van der Waals surface area contributed by atoms with Crippen LogP contribution in [0.4, 0.5) is 5.69 Å². The van der Waals surface area contributed by atoms with E-state index in [4.69, 9.17) is 0 Å². The van der Waals surface area contributed by atoms with E-state index in [0.29, 0.717) is 12.1 Å². The van der Waals surface area contributed by atoms with Gasteiger partial charge in [0, 0.05) is 19.0 Å². The summed E-state index contributed by atoms with van der Waals surface area (Å²) in [6.45, 7) is 5.41. The monoisotopic (exact) mass is 637 g/mol. The molecule has 4 aromatic rings. The molecule has 0 bridgehead atoms. The normalized spacial score (nSPS) is 14.1. The lowest BCUT2D eigenvalue weighted by Gasteiger charge is -2.34. The summed E-state index contributed by atoms with van der Waals surface area (Å²) in [6.07, 6.45) is 4.23. The van der Waals surface area contributed by atoms with Crippen molar-refractivity contribution >= 4 is 27.5 Å². The largest absolute Gasteiger partial charge is 0.352 e. The number of sulfonamides is 1. The summed E-state index contributed by atoms with van der Waals surface area (Å²) in [5.74, 6) is -0.679. The van der Waals surface area contributed by atoms with Gasteiger partial charge in [0.1, 0.15) is 12.6 Å². The minimum absolute atomic E-state index is 0.0625. The summed E-state index contributed by atoms with van der Waals surface area (Å²) in [6, 6.07) is 30.5. The van der Waals surface area contributed by atoms with Crippen molar-refractivity contribution in [3.8, 4) is 0 Å². The van der Waals surface area contributed by atoms with Crippen LogP contribution in [0, 0.1) is 20.8 Å². The Kier molecular flexibility index (Phi) is 10.6. The van der Waals surface area contributed by atoms with Gasteiger partial charge in [0.05, 0.1) is 10.6 Å². The van der Waals surface area contributed by atoms with E-state index >= 15 is 0 Å². The van der Waals surface area contributed by atoms with Crippen molar-refractivity contribution in [1.82, 2.24) is 10.2 Å². The van der Waals surface area contributed by atoms with Crippen molar-refractivity contribution in [2.45, 2.75) is 76.4 Å². The number of nitrogens with one attached hydrogen (secondary N) is 1. The molecule has 240 valence electrons. The van der Waals surface area contributed by atoms with Crippen LogP contribution in [0.3, 0.4) is 0 Å². The maximum atomic E-state index is 14.7. The standard InChI is InChI=1S/C38H43N3O4S/c1-28-17-21-32(22-18-28)26-40(36(25-31-12-5-4-6-13-31)38(43)39-33-14-8-9-15-33)37(42)27-41(35-16-10-7-11-30(35)3)46(44,45)34-23-19-29(2)20-24-34/h4-7,10-13,16-24,33,36H,8-9,14-15,25-27H2,1-3H3,(H,39,43)/t36-/m0/s1. The Labute approximate surface area is 273 Å². The van der Waals surface area contributed by atoms with E-state index in [1.54, 1.807) is 41.3 Å². The van der Waals surface area contributed by atoms with Gasteiger partial charge in [-0.25, -0.2) is 8.42 Å². The number of amides is 2. The maximum Gasteiger partial charge on any atom is 0.264 e. The van der Waals surface area contributed by atoms with Crippen molar-refractivity contribution in [2.24, 2.45) is 0 Å². The van der Waals surface area contributed by atoms with E-state index in [1.807, 2.05) is 87.5 Å². The first kappa shape index (κ1) is 32.9. The molecule has 1 atom stereocenters. The molecule has 0 unspecified atom stereocenters. The van der Waals surface area contributed by atoms with Gasteiger partial charge in [-0.05, 0) is 68.5 Å². The Morgan fingerprint density at radius 3 is 1.98 bits per heavy atom. The topological polar surface area (TPSA) is 86.8 Å². The van der Waals surface area contributed by atoms with Crippen molar-refractivity contribution in [1.29, 1.82) is 0 Å². The molecule has 0 spiro atoms. The van der Waals surface area contributed by atoms with Gasteiger partial charge < -0.3 is 10.2 Å². The third-order valence-corrected chi connectivity index (χ3v) is 10.5. The number of para-hydroxylation sites is 1. The average molecular weight is 638 g/mol. The highest BCUT2D eigenvalue weighted by Gasteiger charge is 2.35. The Morgan fingerprint density at radius 1 is 0.761 bits per heavy atom. The van der Waals surface area contributed by atoms with Crippen LogP contribution in [0.25, 0.3) is 0 Å². The number of hydrogen-bond donors (Lipinski definition) is 1. The summed E-state index contributed by atoms with van der Waals surface area (Å²) < 4.78 is 29.7. The number of aryl methyl sites for hydroxylation is 3. The van der Waals surface area contributed by atoms with E-state index in [9.17, 15) is 18.0 Å². The van der Waals surface area contributed by atoms with Crippen molar-refractivity contribution in [3.05, 3.63) is 131 Å². The first-order valence-electron chi connectivity index (χ1n) is 16.0. The molecule has 0 aromatic heterocycles. The molecule has 2 amide bonds. The van der Waals surface area contributed by atoms with Gasteiger partial charge in [0.25, 0.3) is 10.0 Å². The van der Waals surface area contributed by atoms with Crippen molar-refractivity contribution in [3.63, 3.8) is 0 Å². The molecule has 5 rings (SSSR count). The Morgan fingerprint density at radius 2 is 1.35 bits per heavy atom. The SMILES string of the molecule is Cc1ccc(CN(C(=O)CN(c2ccccc2C)S(=O)(=O)c2ccc(C)cc2)[C@@H](Cc2ccccc2)C(=O)NC2CCCC2)cc1. The van der Waals surface area contributed by atoms with Crippen molar-refractivity contribution < 1.29 is 18.0 Å². The molecule has 0 radical (unpaired) electrons. The fraction of sp³-hybridized carbons (Fsp3) is 0.316. The second-order valence-electron chi connectivity index (χ2n) is 12.3. The van der Waals surface area contributed by atoms with E-state index in [-0.39, 0.29) is 23.4 Å². The van der Waals surface area contributed by atoms with E-state index in [0.717, 1.165) is 53.5 Å². The number of benzene rings is 4. The fourth-order valence-corrected chi connectivity index (χ4v) is 7.48. The molecule has 1 saturated carbocycles. The van der Waals surface area contributed by atoms with Crippen LogP contribution in [0.2, 0.25) is 0 Å². The lowest BCUT2D eigenvalue weighted by atomic mass is 10.0. The fourth-order valence-electron chi connectivity index (χ4n) is 6.01. The molecular formula is C38H43N3O4S. The first-order valence-corrected chi connectivity index (χ1v) is 17.4. The molecule has 0 aliphatic heterocycles. The van der Waals surface area contributed by atoms with Gasteiger partial charge in [-0.15, -0.1) is 0 Å². The zero-order chi connectivity index (χ0) is 32.7. The highest BCUT2D eigenvalue weighted by molar-refractivity contribution is 7.92. The van der Waals surface area contributed by atoms with Crippen LogP contribution < -0.4 is 9.62 Å². The van der Waals surface area contributed by atoms with Crippen molar-refractivity contribution in [2.75, 3.05) is 10.8 Å². The highest BCUT2D eigenvalue weighted by atomic mass is 32.2. The van der Waals surface area contributed by atoms with Crippen LogP contribution in [-0.2, 0) is 32.6 Å². The van der Waals surface area contributed by atoms with E-state index in [2.05, 4.69) is 5.32 Å². The van der Waals surface area contributed by atoms with E-state index < -0.39 is 28.5 Å². The lowest BCUT2D eigenvalue weighted by molar-refractivity contribution is -0.140. The third kappa shape index (κ3) is 8.04. The zero-order valence-corrected chi connectivity index (χ0v) is 27.7. The Bertz CT molecular complexity index is 1730. The van der Waals surface area contributed by atoms with Gasteiger partial charge in [-0.2, -0.15) is 0 Å². The third-order valence-electron chi connectivity index (χ3n) is 8.72. The van der Waals surface area contributed by atoms with Gasteiger partial charge in [0.2, 0.25) is 11.8 Å². The van der Waals surface area contributed by atoms with Gasteiger partial charge in [-0.3, -0.25) is 13.9 Å². The molecule has 0 heterocycles. The van der Waals surface area contributed by atoms with Gasteiger partial charge in [-0.1, -0.05) is 109 Å². The Balaban J connectivity index is 1.57. The average Bonchev–Trinajstić information content (AvgIpc) is 3.56. The van der Waals surface area contributed by atoms with Gasteiger partial charge >= 0.3 is 0 Å². The summed E-state index contributed by atoms with van der Waals surface area (Å²) in [7, 11) is -4.14. The number of nitrogens with zero attached hydrogens (tertiary/aromatic N) is 2. The number of carbonyl (C=O) groups is 2. The number of hydrogen-bond acceptors (Lipinski definition) is 4. The summed E-state index contributed by atoms with van der Waals surface area (Å²) in [4.78, 5) is 30.4. The quantitative estimate of drug-likeness (QED) is 0.192. The predicted octanol–water partition coefficient (Wildman–Crippen LogP) is 6.51. The van der Waals surface area contributed by atoms with Crippen LogP contribution in [-0.4, -0.2) is 43.8 Å². The molecule has 8 heteroatoms. The Hall–Kier alpha value is -4.43. The first-order chi connectivity index (χ1) is 22.1. The number of rotatable bonds is 12. The summed E-state index contributed by atoms with van der Waals surface area (Å²) >= 11 is 0. The molecule has 4 aromatic carbocycles. The minimum Gasteiger partial charge on any atom is -0.352 e. The molecular weight excluding hydrogens is 595 g/mol. The van der Waals surface area contributed by atoms with Gasteiger partial charge in [0.15, 0.2) is 0 Å². The maximum absolute atomic E-state index is 14.7. The van der Waals surface area contributed by atoms with Crippen LogP contribution in [0.5, 0.6) is 0 Å². The number of carbonyl (C=O) groups excluding carboxylic acids is 2. The number of anilines is 1. The second-order valence-corrected chi connectivity index (χ2v) is 14.2. The molecule has 1 fully saturated rings. The highest BCUT2D eigenvalue weighted by Crippen LogP contribution is 2.28.